The summed E-state index contributed by atoms with van der Waals surface area (Å²) in [6.45, 7) is 1.83. The topological polar surface area (TPSA) is 91.2 Å². The van der Waals surface area contributed by atoms with Gasteiger partial charge < -0.3 is 15.4 Å². The number of carbonyl (C=O) groups is 2. The van der Waals surface area contributed by atoms with E-state index in [-0.39, 0.29) is 18.7 Å². The van der Waals surface area contributed by atoms with Crippen molar-refractivity contribution < 1.29 is 14.3 Å². The van der Waals surface area contributed by atoms with Crippen LogP contribution in [0.4, 0.5) is 5.69 Å². The van der Waals surface area contributed by atoms with Gasteiger partial charge in [-0.1, -0.05) is 23.7 Å². The number of benzene rings is 1. The molecule has 0 spiro atoms. The van der Waals surface area contributed by atoms with Crippen LogP contribution in [0.2, 0.25) is 5.02 Å². The highest BCUT2D eigenvalue weighted by Gasteiger charge is 2.11. The van der Waals surface area contributed by atoms with E-state index in [1.165, 1.54) is 0 Å². The van der Waals surface area contributed by atoms with Crippen molar-refractivity contribution in [2.24, 2.45) is 0 Å². The van der Waals surface area contributed by atoms with Gasteiger partial charge in [0.1, 0.15) is 18.2 Å². The maximum absolute atomic E-state index is 11.9. The molecule has 0 heterocycles. The molecule has 21 heavy (non-hydrogen) atoms. The smallest absolute Gasteiger partial charge is 0.325 e. The summed E-state index contributed by atoms with van der Waals surface area (Å²) in [4.78, 5) is 23.0. The van der Waals surface area contributed by atoms with Crippen LogP contribution in [0.25, 0.3) is 0 Å². The predicted octanol–water partition coefficient (Wildman–Crippen LogP) is 1.84. The lowest BCUT2D eigenvalue weighted by Crippen LogP contribution is -2.22. The van der Waals surface area contributed by atoms with E-state index in [0.717, 1.165) is 6.20 Å². The molecular weight excluding hydrogens is 294 g/mol. The molecule has 0 bridgehead atoms. The zero-order valence-corrected chi connectivity index (χ0v) is 12.1. The maximum atomic E-state index is 11.9. The van der Waals surface area contributed by atoms with Crippen molar-refractivity contribution in [1.82, 2.24) is 5.32 Å². The Balaban J connectivity index is 2.63. The van der Waals surface area contributed by atoms with E-state index < -0.39 is 11.9 Å². The molecule has 1 aromatic rings. The van der Waals surface area contributed by atoms with Gasteiger partial charge in [0.15, 0.2) is 0 Å². The molecule has 2 N–H and O–H groups in total. The Morgan fingerprint density at radius 1 is 1.43 bits per heavy atom. The van der Waals surface area contributed by atoms with Crippen LogP contribution in [0.15, 0.2) is 36.0 Å². The zero-order valence-electron chi connectivity index (χ0n) is 11.4. The SMILES string of the molecule is CCOC(=O)CN/C=C(/C#N)C(=O)Nc1ccccc1Cl. The fraction of sp³-hybridized carbons (Fsp3) is 0.214. The number of nitrogens with zero attached hydrogens (tertiary/aromatic N) is 1. The number of halogens is 1. The average molecular weight is 308 g/mol. The van der Waals surface area contributed by atoms with Gasteiger partial charge >= 0.3 is 5.97 Å². The van der Waals surface area contributed by atoms with Crippen molar-refractivity contribution in [2.75, 3.05) is 18.5 Å². The lowest BCUT2D eigenvalue weighted by Gasteiger charge is -2.06. The maximum Gasteiger partial charge on any atom is 0.325 e. The minimum absolute atomic E-state index is 0.127. The molecule has 6 nitrogen and oxygen atoms in total. The second kappa shape index (κ2) is 8.61. The van der Waals surface area contributed by atoms with Crippen LogP contribution in [0, 0.1) is 11.3 Å². The summed E-state index contributed by atoms with van der Waals surface area (Å²) in [6, 6.07) is 8.39. The molecule has 0 aliphatic carbocycles. The molecule has 0 radical (unpaired) electrons. The Hall–Kier alpha value is -2.52. The third kappa shape index (κ3) is 5.55. The van der Waals surface area contributed by atoms with Crippen molar-refractivity contribution in [1.29, 1.82) is 5.26 Å². The third-order valence-corrected chi connectivity index (χ3v) is 2.61. The molecule has 1 rings (SSSR count). The van der Waals surface area contributed by atoms with E-state index in [9.17, 15) is 9.59 Å². The number of amides is 1. The zero-order chi connectivity index (χ0) is 15.7. The number of esters is 1. The first-order valence-corrected chi connectivity index (χ1v) is 6.51. The molecule has 1 amide bonds. The van der Waals surface area contributed by atoms with Crippen LogP contribution in [-0.4, -0.2) is 25.0 Å². The van der Waals surface area contributed by atoms with Crippen LogP contribution < -0.4 is 10.6 Å². The molecule has 0 unspecified atom stereocenters. The number of hydrogen-bond acceptors (Lipinski definition) is 5. The second-order valence-corrected chi connectivity index (χ2v) is 4.20. The molecule has 110 valence electrons. The van der Waals surface area contributed by atoms with Crippen molar-refractivity contribution in [2.45, 2.75) is 6.92 Å². The van der Waals surface area contributed by atoms with E-state index in [1.807, 2.05) is 0 Å². The van der Waals surface area contributed by atoms with E-state index in [2.05, 4.69) is 10.6 Å². The Morgan fingerprint density at radius 3 is 2.76 bits per heavy atom. The van der Waals surface area contributed by atoms with Gasteiger partial charge in [-0.3, -0.25) is 9.59 Å². The highest BCUT2D eigenvalue weighted by molar-refractivity contribution is 6.33. The molecule has 0 saturated carbocycles. The molecule has 7 heteroatoms. The fourth-order valence-electron chi connectivity index (χ4n) is 1.35. The van der Waals surface area contributed by atoms with Crippen LogP contribution in [0.5, 0.6) is 0 Å². The van der Waals surface area contributed by atoms with E-state index in [0.29, 0.717) is 10.7 Å². The fourth-order valence-corrected chi connectivity index (χ4v) is 1.53. The summed E-state index contributed by atoms with van der Waals surface area (Å²) in [5, 5.41) is 14.4. The molecule has 0 saturated heterocycles. The van der Waals surface area contributed by atoms with Gasteiger partial charge in [0.25, 0.3) is 5.91 Å². The average Bonchev–Trinajstić information content (AvgIpc) is 2.46. The molecule has 0 aliphatic rings. The summed E-state index contributed by atoms with van der Waals surface area (Å²) >= 11 is 5.90. The standard InChI is InChI=1S/C14H14ClN3O3/c1-2-21-13(19)9-17-8-10(7-16)14(20)18-12-6-4-3-5-11(12)15/h3-6,8,17H,2,9H2,1H3,(H,18,20)/b10-8-. The number of carbonyl (C=O) groups excluding carboxylic acids is 2. The number of rotatable bonds is 6. The Labute approximate surface area is 127 Å². The number of nitriles is 1. The molecular formula is C14H14ClN3O3. The molecule has 0 aromatic heterocycles. The number of ether oxygens (including phenoxy) is 1. The normalized spacial score (nSPS) is 10.4. The van der Waals surface area contributed by atoms with Crippen molar-refractivity contribution in [3.8, 4) is 6.07 Å². The minimum Gasteiger partial charge on any atom is -0.465 e. The minimum atomic E-state index is -0.623. The monoisotopic (exact) mass is 307 g/mol. The summed E-state index contributed by atoms with van der Waals surface area (Å²) in [5.74, 6) is -1.10. The summed E-state index contributed by atoms with van der Waals surface area (Å²) in [5.41, 5.74) is 0.218. The number of hydrogen-bond donors (Lipinski definition) is 2. The Kier molecular flexibility index (Phi) is 6.78. The van der Waals surface area contributed by atoms with Crippen molar-refractivity contribution >= 4 is 29.2 Å². The van der Waals surface area contributed by atoms with Gasteiger partial charge in [-0.15, -0.1) is 0 Å². The van der Waals surface area contributed by atoms with Gasteiger partial charge in [0.05, 0.1) is 17.3 Å². The van der Waals surface area contributed by atoms with Gasteiger partial charge in [0.2, 0.25) is 0 Å². The largest absolute Gasteiger partial charge is 0.465 e. The van der Waals surface area contributed by atoms with Crippen molar-refractivity contribution in [3.63, 3.8) is 0 Å². The van der Waals surface area contributed by atoms with Gasteiger partial charge in [0, 0.05) is 6.20 Å². The second-order valence-electron chi connectivity index (χ2n) is 3.79. The quantitative estimate of drug-likeness (QED) is 0.475. The number of para-hydroxylation sites is 1. The molecule has 1 aromatic carbocycles. The number of nitrogens with one attached hydrogen (secondary N) is 2. The summed E-state index contributed by atoms with van der Waals surface area (Å²) in [6.07, 6.45) is 1.16. The predicted molar refractivity (Wildman–Crippen MR) is 78.4 cm³/mol. The van der Waals surface area contributed by atoms with Crippen LogP contribution in [0.1, 0.15) is 6.92 Å². The lowest BCUT2D eigenvalue weighted by atomic mass is 10.2. The molecule has 0 aliphatic heterocycles. The van der Waals surface area contributed by atoms with Crippen LogP contribution in [0.3, 0.4) is 0 Å². The van der Waals surface area contributed by atoms with Gasteiger partial charge in [-0.2, -0.15) is 5.26 Å². The molecule has 0 fully saturated rings. The Morgan fingerprint density at radius 2 is 2.14 bits per heavy atom. The highest BCUT2D eigenvalue weighted by Crippen LogP contribution is 2.20. The lowest BCUT2D eigenvalue weighted by molar-refractivity contribution is -0.141. The van der Waals surface area contributed by atoms with Gasteiger partial charge in [-0.25, -0.2) is 0 Å². The van der Waals surface area contributed by atoms with E-state index in [1.54, 1.807) is 37.3 Å². The Bertz CT molecular complexity index is 593. The number of anilines is 1. The third-order valence-electron chi connectivity index (χ3n) is 2.29. The summed E-state index contributed by atoms with van der Waals surface area (Å²) < 4.78 is 4.70. The van der Waals surface area contributed by atoms with Gasteiger partial charge in [-0.05, 0) is 19.1 Å². The molecule has 0 atom stereocenters. The summed E-state index contributed by atoms with van der Waals surface area (Å²) in [7, 11) is 0. The van der Waals surface area contributed by atoms with E-state index in [4.69, 9.17) is 21.6 Å². The van der Waals surface area contributed by atoms with Crippen LogP contribution in [-0.2, 0) is 14.3 Å². The highest BCUT2D eigenvalue weighted by atomic mass is 35.5. The first-order valence-electron chi connectivity index (χ1n) is 6.13. The van der Waals surface area contributed by atoms with E-state index >= 15 is 0 Å². The first kappa shape index (κ1) is 16.5. The first-order chi connectivity index (χ1) is 10.1. The van der Waals surface area contributed by atoms with Crippen LogP contribution >= 0.6 is 11.6 Å². The van der Waals surface area contributed by atoms with Crippen molar-refractivity contribution in [3.05, 3.63) is 41.1 Å².